The Kier molecular flexibility index (Phi) is 3.39. The van der Waals surface area contributed by atoms with Gasteiger partial charge in [-0.15, -0.1) is 0 Å². The van der Waals surface area contributed by atoms with Crippen molar-refractivity contribution in [3.05, 3.63) is 24.0 Å². The summed E-state index contributed by atoms with van der Waals surface area (Å²) in [6, 6.07) is 2.48. The molecule has 2 aliphatic heterocycles. The number of pyridine rings is 1. The van der Waals surface area contributed by atoms with Crippen LogP contribution < -0.4 is 10.8 Å². The highest BCUT2D eigenvalue weighted by molar-refractivity contribution is 6.62. The summed E-state index contributed by atoms with van der Waals surface area (Å²) in [5.74, 6) is 0. The van der Waals surface area contributed by atoms with Gasteiger partial charge in [0.25, 0.3) is 0 Å². The second kappa shape index (κ2) is 4.83. The van der Waals surface area contributed by atoms with Gasteiger partial charge >= 0.3 is 7.12 Å². The Balaban J connectivity index is 1.92. The Morgan fingerprint density at radius 1 is 1.25 bits per heavy atom. The van der Waals surface area contributed by atoms with E-state index in [1.165, 1.54) is 12.0 Å². The predicted molar refractivity (Wildman–Crippen MR) is 79.9 cm³/mol. The molecular formula is C15H23BN2O2. The summed E-state index contributed by atoms with van der Waals surface area (Å²) < 4.78 is 12.3. The maximum atomic E-state index is 6.16. The van der Waals surface area contributed by atoms with Crippen molar-refractivity contribution in [2.45, 2.75) is 57.8 Å². The maximum Gasteiger partial charge on any atom is 0.496 e. The molecule has 4 nitrogen and oxygen atoms in total. The lowest BCUT2D eigenvalue weighted by molar-refractivity contribution is 0.00578. The van der Waals surface area contributed by atoms with Crippen molar-refractivity contribution in [2.24, 2.45) is 0 Å². The van der Waals surface area contributed by atoms with Crippen molar-refractivity contribution < 1.29 is 9.31 Å². The molecule has 1 aromatic heterocycles. The van der Waals surface area contributed by atoms with Crippen molar-refractivity contribution >= 4 is 12.6 Å². The Hall–Kier alpha value is -0.905. The molecule has 0 radical (unpaired) electrons. The van der Waals surface area contributed by atoms with Gasteiger partial charge in [0.2, 0.25) is 0 Å². The summed E-state index contributed by atoms with van der Waals surface area (Å²) in [5.41, 5.74) is 1.70. The van der Waals surface area contributed by atoms with E-state index in [0.29, 0.717) is 6.04 Å². The lowest BCUT2D eigenvalue weighted by Crippen LogP contribution is -2.41. The highest BCUT2D eigenvalue weighted by Crippen LogP contribution is 2.37. The number of nitrogens with one attached hydrogen (secondary N) is 1. The molecule has 0 spiro atoms. The first-order valence-corrected chi connectivity index (χ1v) is 7.43. The van der Waals surface area contributed by atoms with Gasteiger partial charge in [-0.2, -0.15) is 0 Å². The van der Waals surface area contributed by atoms with Gasteiger partial charge < -0.3 is 14.6 Å². The van der Waals surface area contributed by atoms with Crippen LogP contribution in [0.1, 0.15) is 52.1 Å². The molecule has 108 valence electrons. The summed E-state index contributed by atoms with van der Waals surface area (Å²) >= 11 is 0. The molecule has 5 heteroatoms. The average Bonchev–Trinajstić information content (AvgIpc) is 2.97. The SMILES string of the molecule is CC1(C)OB(c2cnccc2[C@@H]2CCCN2)OC1(C)C. The minimum atomic E-state index is -0.328. The van der Waals surface area contributed by atoms with Crippen LogP contribution >= 0.6 is 0 Å². The zero-order valence-corrected chi connectivity index (χ0v) is 12.8. The van der Waals surface area contributed by atoms with Crippen LogP contribution in [0.4, 0.5) is 0 Å². The van der Waals surface area contributed by atoms with Gasteiger partial charge in [0.1, 0.15) is 0 Å². The summed E-state index contributed by atoms with van der Waals surface area (Å²) in [5, 5.41) is 3.54. The topological polar surface area (TPSA) is 43.4 Å². The molecule has 0 unspecified atom stereocenters. The summed E-state index contributed by atoms with van der Waals surface area (Å²) in [7, 11) is -0.328. The first kappa shape index (κ1) is 14.0. The van der Waals surface area contributed by atoms with Gasteiger partial charge in [-0.05, 0) is 58.7 Å². The monoisotopic (exact) mass is 274 g/mol. The van der Waals surface area contributed by atoms with Crippen molar-refractivity contribution in [2.75, 3.05) is 6.54 Å². The highest BCUT2D eigenvalue weighted by atomic mass is 16.7. The van der Waals surface area contributed by atoms with Crippen molar-refractivity contribution in [1.82, 2.24) is 10.3 Å². The van der Waals surface area contributed by atoms with Crippen LogP contribution in [0, 0.1) is 0 Å². The van der Waals surface area contributed by atoms with Crippen LogP contribution in [0.15, 0.2) is 18.5 Å². The Bertz CT molecular complexity index is 482. The van der Waals surface area contributed by atoms with E-state index >= 15 is 0 Å². The van der Waals surface area contributed by atoms with Crippen LogP contribution in [0.3, 0.4) is 0 Å². The summed E-state index contributed by atoms with van der Waals surface area (Å²) in [6.45, 7) is 9.40. The first-order valence-electron chi connectivity index (χ1n) is 7.43. The fourth-order valence-electron chi connectivity index (χ4n) is 2.85. The van der Waals surface area contributed by atoms with Crippen molar-refractivity contribution in [3.63, 3.8) is 0 Å². The smallest absolute Gasteiger partial charge is 0.399 e. The summed E-state index contributed by atoms with van der Waals surface area (Å²) in [6.07, 6.45) is 6.12. The van der Waals surface area contributed by atoms with E-state index < -0.39 is 0 Å². The van der Waals surface area contributed by atoms with E-state index in [0.717, 1.165) is 18.4 Å². The highest BCUT2D eigenvalue weighted by Gasteiger charge is 2.52. The van der Waals surface area contributed by atoms with Crippen LogP contribution in [0.5, 0.6) is 0 Å². The molecule has 1 N–H and O–H groups in total. The minimum Gasteiger partial charge on any atom is -0.399 e. The molecule has 0 aromatic carbocycles. The largest absolute Gasteiger partial charge is 0.496 e. The minimum absolute atomic E-state index is 0.312. The molecule has 1 atom stereocenters. The third kappa shape index (κ3) is 2.28. The molecule has 2 saturated heterocycles. The molecule has 0 saturated carbocycles. The van der Waals surface area contributed by atoms with E-state index in [1.54, 1.807) is 0 Å². The molecule has 3 heterocycles. The van der Waals surface area contributed by atoms with E-state index in [9.17, 15) is 0 Å². The number of aromatic nitrogens is 1. The van der Waals surface area contributed by atoms with Crippen LogP contribution in [-0.2, 0) is 9.31 Å². The molecule has 2 fully saturated rings. The fraction of sp³-hybridized carbons (Fsp3) is 0.667. The van der Waals surface area contributed by atoms with Crippen LogP contribution in [-0.4, -0.2) is 29.8 Å². The van der Waals surface area contributed by atoms with E-state index in [4.69, 9.17) is 9.31 Å². The van der Waals surface area contributed by atoms with Gasteiger partial charge in [-0.25, -0.2) is 0 Å². The fourth-order valence-corrected chi connectivity index (χ4v) is 2.85. The van der Waals surface area contributed by atoms with Crippen molar-refractivity contribution in [1.29, 1.82) is 0 Å². The Morgan fingerprint density at radius 2 is 1.95 bits per heavy atom. The number of hydrogen-bond donors (Lipinski definition) is 1. The molecule has 0 amide bonds. The molecule has 20 heavy (non-hydrogen) atoms. The van der Waals surface area contributed by atoms with Gasteiger partial charge in [0.15, 0.2) is 0 Å². The molecule has 1 aromatic rings. The van der Waals surface area contributed by atoms with E-state index in [-0.39, 0.29) is 18.3 Å². The molecular weight excluding hydrogens is 251 g/mol. The van der Waals surface area contributed by atoms with Gasteiger partial charge in [0, 0.05) is 23.9 Å². The number of rotatable bonds is 2. The number of hydrogen-bond acceptors (Lipinski definition) is 4. The van der Waals surface area contributed by atoms with E-state index in [2.05, 4.69) is 44.1 Å². The lowest BCUT2D eigenvalue weighted by atomic mass is 9.75. The Labute approximate surface area is 121 Å². The zero-order valence-electron chi connectivity index (χ0n) is 12.8. The standard InChI is InChI=1S/C15H23BN2O2/c1-14(2)15(3,4)20-16(19-14)12-10-17-9-7-11(12)13-6-5-8-18-13/h7,9-10,13,18H,5-6,8H2,1-4H3/t13-/m0/s1. The van der Waals surface area contributed by atoms with E-state index in [1.807, 2.05) is 12.4 Å². The quantitative estimate of drug-likeness (QED) is 0.835. The molecule has 2 aliphatic rings. The second-order valence-electron chi connectivity index (χ2n) is 6.74. The molecule has 0 aliphatic carbocycles. The summed E-state index contributed by atoms with van der Waals surface area (Å²) in [4.78, 5) is 4.27. The first-order chi connectivity index (χ1) is 9.41. The predicted octanol–water partition coefficient (Wildman–Crippen LogP) is 1.81. The second-order valence-corrected chi connectivity index (χ2v) is 6.74. The lowest BCUT2D eigenvalue weighted by Gasteiger charge is -2.32. The van der Waals surface area contributed by atoms with Gasteiger partial charge in [-0.3, -0.25) is 4.98 Å². The third-order valence-electron chi connectivity index (χ3n) is 4.83. The normalized spacial score (nSPS) is 28.0. The van der Waals surface area contributed by atoms with Gasteiger partial charge in [0.05, 0.1) is 11.2 Å². The Morgan fingerprint density at radius 3 is 2.55 bits per heavy atom. The zero-order chi connectivity index (χ0) is 14.4. The molecule has 3 rings (SSSR count). The molecule has 0 bridgehead atoms. The third-order valence-corrected chi connectivity index (χ3v) is 4.83. The van der Waals surface area contributed by atoms with Crippen molar-refractivity contribution in [3.8, 4) is 0 Å². The maximum absolute atomic E-state index is 6.16. The number of nitrogens with zero attached hydrogens (tertiary/aromatic N) is 1. The average molecular weight is 274 g/mol. The van der Waals surface area contributed by atoms with Crippen LogP contribution in [0.25, 0.3) is 0 Å². The van der Waals surface area contributed by atoms with Crippen LogP contribution in [0.2, 0.25) is 0 Å². The van der Waals surface area contributed by atoms with Gasteiger partial charge in [-0.1, -0.05) is 0 Å².